The third-order valence-corrected chi connectivity index (χ3v) is 3.53. The standard InChI is InChI=1S/C13H13BrN4O/c1-17(2)7-8-5-12-15-16-13(19)18(12)11-6-9(14)3-4-10(8)11/h3-6H,7H2,1-2H3,(H,16,19). The van der Waals surface area contributed by atoms with Crippen molar-refractivity contribution in [3.63, 3.8) is 0 Å². The van der Waals surface area contributed by atoms with Gasteiger partial charge in [0.05, 0.1) is 5.52 Å². The van der Waals surface area contributed by atoms with Crippen LogP contribution in [0.25, 0.3) is 16.6 Å². The fraction of sp³-hybridized carbons (Fsp3) is 0.231. The lowest BCUT2D eigenvalue weighted by molar-refractivity contribution is 0.404. The van der Waals surface area contributed by atoms with Crippen LogP contribution in [0.4, 0.5) is 0 Å². The number of pyridine rings is 1. The summed E-state index contributed by atoms with van der Waals surface area (Å²) in [7, 11) is 4.04. The van der Waals surface area contributed by atoms with Crippen molar-refractivity contribution in [1.29, 1.82) is 0 Å². The van der Waals surface area contributed by atoms with Crippen molar-refractivity contribution in [3.05, 3.63) is 44.8 Å². The Balaban J connectivity index is 2.46. The summed E-state index contributed by atoms with van der Waals surface area (Å²) in [6.45, 7) is 0.801. The number of hydrogen-bond donors (Lipinski definition) is 1. The Labute approximate surface area is 118 Å². The Bertz CT molecular complexity index is 818. The molecule has 0 fully saturated rings. The van der Waals surface area contributed by atoms with Crippen LogP contribution in [-0.2, 0) is 6.54 Å². The first-order chi connectivity index (χ1) is 9.06. The van der Waals surface area contributed by atoms with E-state index < -0.39 is 0 Å². The smallest absolute Gasteiger partial charge is 0.305 e. The Morgan fingerprint density at radius 3 is 2.89 bits per heavy atom. The number of halogens is 1. The van der Waals surface area contributed by atoms with Crippen molar-refractivity contribution in [2.45, 2.75) is 6.54 Å². The first kappa shape index (κ1) is 12.4. The molecular formula is C13H13BrN4O. The van der Waals surface area contributed by atoms with Crippen LogP contribution in [0.15, 0.2) is 33.5 Å². The number of rotatable bonds is 2. The van der Waals surface area contributed by atoms with E-state index in [2.05, 4.69) is 31.0 Å². The van der Waals surface area contributed by atoms with Gasteiger partial charge < -0.3 is 4.90 Å². The molecule has 3 rings (SSSR count). The van der Waals surface area contributed by atoms with Gasteiger partial charge >= 0.3 is 5.69 Å². The molecule has 2 aromatic heterocycles. The number of nitrogens with zero attached hydrogens (tertiary/aromatic N) is 3. The number of nitrogens with one attached hydrogen (secondary N) is 1. The predicted molar refractivity (Wildman–Crippen MR) is 78.4 cm³/mol. The summed E-state index contributed by atoms with van der Waals surface area (Å²) in [4.78, 5) is 14.0. The molecule has 6 heteroatoms. The lowest BCUT2D eigenvalue weighted by Crippen LogP contribution is -2.14. The molecule has 0 bridgehead atoms. The van der Waals surface area contributed by atoms with Crippen LogP contribution in [-0.4, -0.2) is 33.6 Å². The number of aromatic nitrogens is 3. The fourth-order valence-corrected chi connectivity index (χ4v) is 2.65. The second kappa shape index (κ2) is 4.47. The van der Waals surface area contributed by atoms with E-state index >= 15 is 0 Å². The highest BCUT2D eigenvalue weighted by Crippen LogP contribution is 2.24. The summed E-state index contributed by atoms with van der Waals surface area (Å²) in [6, 6.07) is 7.90. The zero-order chi connectivity index (χ0) is 13.6. The van der Waals surface area contributed by atoms with Gasteiger partial charge in [0.15, 0.2) is 5.65 Å². The van der Waals surface area contributed by atoms with Gasteiger partial charge in [0, 0.05) is 16.4 Å². The van der Waals surface area contributed by atoms with Crippen molar-refractivity contribution < 1.29 is 0 Å². The van der Waals surface area contributed by atoms with Gasteiger partial charge in [-0.05, 0) is 37.9 Å². The molecule has 0 aliphatic rings. The first-order valence-electron chi connectivity index (χ1n) is 5.89. The number of benzene rings is 1. The summed E-state index contributed by atoms with van der Waals surface area (Å²) in [5.74, 6) is 0. The maximum absolute atomic E-state index is 11.9. The van der Waals surface area contributed by atoms with Crippen LogP contribution in [0.2, 0.25) is 0 Å². The molecule has 2 heterocycles. The van der Waals surface area contributed by atoms with Gasteiger partial charge in [-0.2, -0.15) is 5.10 Å². The normalized spacial score (nSPS) is 11.8. The molecule has 19 heavy (non-hydrogen) atoms. The zero-order valence-electron chi connectivity index (χ0n) is 10.6. The van der Waals surface area contributed by atoms with Crippen molar-refractivity contribution >= 4 is 32.5 Å². The Morgan fingerprint density at radius 2 is 2.16 bits per heavy atom. The van der Waals surface area contributed by atoms with E-state index in [0.29, 0.717) is 5.65 Å². The minimum Gasteiger partial charge on any atom is -0.305 e. The van der Waals surface area contributed by atoms with Crippen LogP contribution in [0.5, 0.6) is 0 Å². The van der Waals surface area contributed by atoms with E-state index in [9.17, 15) is 4.79 Å². The van der Waals surface area contributed by atoms with Crippen LogP contribution in [0, 0.1) is 0 Å². The summed E-state index contributed by atoms with van der Waals surface area (Å²) in [6.07, 6.45) is 0. The second-order valence-electron chi connectivity index (χ2n) is 4.79. The van der Waals surface area contributed by atoms with Gasteiger partial charge in [-0.15, -0.1) is 0 Å². The predicted octanol–water partition coefficient (Wildman–Crippen LogP) is 2.00. The molecule has 3 aromatic rings. The summed E-state index contributed by atoms with van der Waals surface area (Å²) < 4.78 is 2.54. The molecule has 0 aliphatic heterocycles. The monoisotopic (exact) mass is 320 g/mol. The largest absolute Gasteiger partial charge is 0.348 e. The summed E-state index contributed by atoms with van der Waals surface area (Å²) in [5.41, 5.74) is 2.45. The minimum absolute atomic E-state index is 0.213. The molecule has 0 amide bonds. The van der Waals surface area contributed by atoms with Crippen molar-refractivity contribution in [1.82, 2.24) is 19.5 Å². The van der Waals surface area contributed by atoms with E-state index in [1.165, 1.54) is 0 Å². The minimum atomic E-state index is -0.213. The SMILES string of the molecule is CN(C)Cc1cc2n[nH]c(=O)n2c2cc(Br)ccc12. The zero-order valence-corrected chi connectivity index (χ0v) is 12.2. The average molecular weight is 321 g/mol. The Kier molecular flexibility index (Phi) is 2.91. The van der Waals surface area contributed by atoms with E-state index in [1.54, 1.807) is 4.40 Å². The van der Waals surface area contributed by atoms with E-state index in [4.69, 9.17) is 0 Å². The van der Waals surface area contributed by atoms with E-state index in [0.717, 1.165) is 27.5 Å². The average Bonchev–Trinajstić information content (AvgIpc) is 2.70. The van der Waals surface area contributed by atoms with Gasteiger partial charge in [0.2, 0.25) is 0 Å². The van der Waals surface area contributed by atoms with Gasteiger partial charge in [-0.3, -0.25) is 0 Å². The number of hydrogen-bond acceptors (Lipinski definition) is 3. The second-order valence-corrected chi connectivity index (χ2v) is 5.71. The molecule has 1 N–H and O–H groups in total. The van der Waals surface area contributed by atoms with Crippen LogP contribution in [0.1, 0.15) is 5.56 Å². The van der Waals surface area contributed by atoms with Crippen molar-refractivity contribution in [2.24, 2.45) is 0 Å². The van der Waals surface area contributed by atoms with Gasteiger partial charge in [0.1, 0.15) is 0 Å². The van der Waals surface area contributed by atoms with E-state index in [1.807, 2.05) is 38.4 Å². The lowest BCUT2D eigenvalue weighted by atomic mass is 10.1. The summed E-state index contributed by atoms with van der Waals surface area (Å²) in [5, 5.41) is 7.62. The quantitative estimate of drug-likeness (QED) is 0.785. The molecule has 5 nitrogen and oxygen atoms in total. The highest BCUT2D eigenvalue weighted by Gasteiger charge is 2.11. The molecule has 0 radical (unpaired) electrons. The molecule has 0 unspecified atom stereocenters. The molecule has 0 saturated carbocycles. The molecule has 98 valence electrons. The van der Waals surface area contributed by atoms with Crippen molar-refractivity contribution in [3.8, 4) is 0 Å². The number of H-pyrrole nitrogens is 1. The van der Waals surface area contributed by atoms with Gasteiger partial charge in [0.25, 0.3) is 0 Å². The molecular weight excluding hydrogens is 308 g/mol. The molecule has 0 spiro atoms. The van der Waals surface area contributed by atoms with Gasteiger partial charge in [-0.25, -0.2) is 14.3 Å². The molecule has 0 aliphatic carbocycles. The molecule has 1 aromatic carbocycles. The third kappa shape index (κ3) is 2.06. The maximum Gasteiger partial charge on any atom is 0.348 e. The highest BCUT2D eigenvalue weighted by atomic mass is 79.9. The highest BCUT2D eigenvalue weighted by molar-refractivity contribution is 9.10. The van der Waals surface area contributed by atoms with Crippen LogP contribution >= 0.6 is 15.9 Å². The first-order valence-corrected chi connectivity index (χ1v) is 6.68. The van der Waals surface area contributed by atoms with Crippen molar-refractivity contribution in [2.75, 3.05) is 14.1 Å². The van der Waals surface area contributed by atoms with Gasteiger partial charge in [-0.1, -0.05) is 22.0 Å². The topological polar surface area (TPSA) is 53.4 Å². The summed E-state index contributed by atoms with van der Waals surface area (Å²) >= 11 is 3.45. The Hall–Kier alpha value is -1.66. The van der Waals surface area contributed by atoms with E-state index in [-0.39, 0.29) is 5.69 Å². The number of fused-ring (bicyclic) bond motifs is 3. The molecule has 0 atom stereocenters. The fourth-order valence-electron chi connectivity index (χ4n) is 2.31. The van der Waals surface area contributed by atoms with Crippen LogP contribution < -0.4 is 5.69 Å². The Morgan fingerprint density at radius 1 is 1.37 bits per heavy atom. The third-order valence-electron chi connectivity index (χ3n) is 3.03. The number of aromatic amines is 1. The maximum atomic E-state index is 11.9. The lowest BCUT2D eigenvalue weighted by Gasteiger charge is -2.13. The van der Waals surface area contributed by atoms with Crippen LogP contribution in [0.3, 0.4) is 0 Å². The molecule has 0 saturated heterocycles.